The molecule has 3 fully saturated rings. The Morgan fingerprint density at radius 3 is 2.45 bits per heavy atom. The molecule has 0 radical (unpaired) electrons. The van der Waals surface area contributed by atoms with Crippen LogP contribution in [0.2, 0.25) is 0 Å². The van der Waals surface area contributed by atoms with Crippen LogP contribution < -0.4 is 20.8 Å². The maximum atomic E-state index is 14.1. The van der Waals surface area contributed by atoms with Gasteiger partial charge >= 0.3 is 5.69 Å². The van der Waals surface area contributed by atoms with Crippen LogP contribution in [0, 0.1) is 5.82 Å². The molecule has 270 valence electrons. The number of imidazole rings is 2. The Morgan fingerprint density at radius 1 is 0.792 bits per heavy atom. The second-order valence-electron chi connectivity index (χ2n) is 14.0. The highest BCUT2D eigenvalue weighted by molar-refractivity contribution is 6.00. The lowest BCUT2D eigenvalue weighted by Crippen LogP contribution is -2.48. The van der Waals surface area contributed by atoms with Crippen molar-refractivity contribution in [3.63, 3.8) is 0 Å². The zero-order valence-electron chi connectivity index (χ0n) is 29.1. The van der Waals surface area contributed by atoms with Crippen molar-refractivity contribution < 1.29 is 14.0 Å². The van der Waals surface area contributed by atoms with E-state index in [0.29, 0.717) is 25.0 Å². The Balaban J connectivity index is 0.888. The summed E-state index contributed by atoms with van der Waals surface area (Å²) in [6, 6.07) is 23.7. The van der Waals surface area contributed by atoms with Crippen molar-refractivity contribution in [3.8, 4) is 11.4 Å². The van der Waals surface area contributed by atoms with Crippen molar-refractivity contribution in [2.24, 2.45) is 0 Å². The summed E-state index contributed by atoms with van der Waals surface area (Å²) in [6.45, 7) is 5.15. The molecule has 2 amide bonds. The number of carbonyl (C=O) groups is 2. The fourth-order valence-electron chi connectivity index (χ4n) is 8.15. The number of para-hydroxylation sites is 2. The summed E-state index contributed by atoms with van der Waals surface area (Å²) in [5, 5.41) is 7.40. The van der Waals surface area contributed by atoms with Crippen molar-refractivity contribution in [1.29, 1.82) is 0 Å². The first-order valence-electron chi connectivity index (χ1n) is 18.3. The minimum Gasteiger partial charge on any atom is -0.354 e. The second-order valence-corrected chi connectivity index (χ2v) is 14.0. The Bertz CT molecular complexity index is 2410. The van der Waals surface area contributed by atoms with Gasteiger partial charge in [0.2, 0.25) is 11.8 Å². The van der Waals surface area contributed by atoms with Crippen LogP contribution in [0.1, 0.15) is 43.3 Å². The highest BCUT2D eigenvalue weighted by Gasteiger charge is 2.32. The van der Waals surface area contributed by atoms with Gasteiger partial charge in [0.05, 0.1) is 29.0 Å². The third-order valence-corrected chi connectivity index (χ3v) is 10.9. The van der Waals surface area contributed by atoms with Gasteiger partial charge in [-0.3, -0.25) is 28.9 Å². The summed E-state index contributed by atoms with van der Waals surface area (Å²) in [4.78, 5) is 54.7. The van der Waals surface area contributed by atoms with E-state index in [4.69, 9.17) is 10.1 Å². The van der Waals surface area contributed by atoms with E-state index in [-0.39, 0.29) is 29.9 Å². The molecule has 13 nitrogen and oxygen atoms in total. The van der Waals surface area contributed by atoms with Gasteiger partial charge in [0.1, 0.15) is 29.2 Å². The molecule has 0 aliphatic carbocycles. The number of pyridine rings is 1. The number of anilines is 2. The number of amides is 2. The molecule has 3 aliphatic heterocycles. The number of aromatic nitrogens is 6. The minimum absolute atomic E-state index is 0.0573. The number of fused-ring (bicyclic) bond motifs is 2. The predicted molar refractivity (Wildman–Crippen MR) is 198 cm³/mol. The molecule has 2 atom stereocenters. The smallest absolute Gasteiger partial charge is 0.329 e. The number of halogens is 1. The maximum absolute atomic E-state index is 14.1. The third kappa shape index (κ3) is 6.12. The van der Waals surface area contributed by atoms with Crippen molar-refractivity contribution in [1.82, 2.24) is 38.9 Å². The zero-order valence-corrected chi connectivity index (χ0v) is 29.1. The maximum Gasteiger partial charge on any atom is 0.329 e. The number of hydrogen-bond acceptors (Lipinski definition) is 9. The van der Waals surface area contributed by atoms with Gasteiger partial charge in [-0.1, -0.05) is 30.3 Å². The number of rotatable bonds is 8. The molecule has 2 unspecified atom stereocenters. The van der Waals surface area contributed by atoms with Crippen LogP contribution in [-0.4, -0.2) is 84.7 Å². The van der Waals surface area contributed by atoms with Gasteiger partial charge in [-0.15, -0.1) is 5.10 Å². The average Bonchev–Trinajstić information content (AvgIpc) is 3.91. The second kappa shape index (κ2) is 13.6. The average molecular weight is 715 g/mol. The number of nitrogens with zero attached hydrogens (tertiary/aromatic N) is 9. The number of carbonyl (C=O) groups excluding carboxylic acids is 2. The van der Waals surface area contributed by atoms with Crippen LogP contribution >= 0.6 is 0 Å². The first-order chi connectivity index (χ1) is 25.9. The molecule has 4 aromatic heterocycles. The standard InChI is InChI=1S/C39H39FN10O3/c40-27-7-3-6-26(24-27)29-11-5-17-47(29)36-15-14-34-41-25-33(50(34)44-36)28-8-4-12-35(42-28)46-21-18-45(19-22-46)20-23-48-30-9-1-2-10-31(30)49(39(48)53)32-13-16-37(51)43-38(32)52/h1-4,6-10,12,14-15,24-25,29,32H,5,11,13,16-23H2,(H,43,51,52). The van der Waals surface area contributed by atoms with Crippen molar-refractivity contribution in [3.05, 3.63) is 107 Å². The number of nitrogens with one attached hydrogen (secondary N) is 1. The molecule has 2 aromatic carbocycles. The highest BCUT2D eigenvalue weighted by atomic mass is 19.1. The number of hydrogen-bond donors (Lipinski definition) is 1. The van der Waals surface area contributed by atoms with E-state index < -0.39 is 11.9 Å². The molecule has 0 bridgehead atoms. The molecule has 53 heavy (non-hydrogen) atoms. The molecule has 1 N–H and O–H groups in total. The van der Waals surface area contributed by atoms with Gasteiger partial charge in [0.15, 0.2) is 5.65 Å². The molecule has 0 spiro atoms. The molecule has 3 saturated heterocycles. The summed E-state index contributed by atoms with van der Waals surface area (Å²) < 4.78 is 19.2. The number of piperazine rings is 1. The van der Waals surface area contributed by atoms with Gasteiger partial charge in [-0.2, -0.15) is 0 Å². The monoisotopic (exact) mass is 714 g/mol. The van der Waals surface area contributed by atoms with E-state index in [1.54, 1.807) is 21.3 Å². The summed E-state index contributed by atoms with van der Waals surface area (Å²) in [7, 11) is 0. The summed E-state index contributed by atoms with van der Waals surface area (Å²) in [6.07, 6.45) is 4.26. The summed E-state index contributed by atoms with van der Waals surface area (Å²) >= 11 is 0. The van der Waals surface area contributed by atoms with Crippen LogP contribution in [0.15, 0.2) is 89.9 Å². The van der Waals surface area contributed by atoms with Crippen molar-refractivity contribution in [2.45, 2.75) is 44.3 Å². The predicted octanol–water partition coefficient (Wildman–Crippen LogP) is 4.19. The van der Waals surface area contributed by atoms with Crippen LogP contribution in [0.25, 0.3) is 28.1 Å². The molecule has 6 aromatic rings. The lowest BCUT2D eigenvalue weighted by molar-refractivity contribution is -0.135. The SMILES string of the molecule is O=C1CCC(n2c(=O)n(CCN3CCN(c4cccc(-c5cnc6ccc(N7CCCC7c7cccc(F)c7)nn56)n4)CC3)c3ccccc32)C(=O)N1. The van der Waals surface area contributed by atoms with E-state index in [2.05, 4.69) is 25.0 Å². The molecule has 9 rings (SSSR count). The van der Waals surface area contributed by atoms with E-state index in [1.165, 1.54) is 6.07 Å². The normalized spacial score (nSPS) is 19.8. The quantitative estimate of drug-likeness (QED) is 0.231. The molecule has 3 aliphatic rings. The topological polar surface area (TPSA) is 126 Å². The van der Waals surface area contributed by atoms with E-state index >= 15 is 0 Å². The van der Waals surface area contributed by atoms with E-state index in [1.807, 2.05) is 71.4 Å². The molecule has 0 saturated carbocycles. The Hall–Kier alpha value is -5.89. The minimum atomic E-state index is -0.708. The fraction of sp³-hybridized carbons (Fsp3) is 0.333. The van der Waals surface area contributed by atoms with Crippen LogP contribution in [0.3, 0.4) is 0 Å². The molecule has 14 heteroatoms. The van der Waals surface area contributed by atoms with Crippen molar-refractivity contribution in [2.75, 3.05) is 49.1 Å². The molecular weight excluding hydrogens is 675 g/mol. The Labute approximate surface area is 304 Å². The van der Waals surface area contributed by atoms with Crippen LogP contribution in [-0.2, 0) is 16.1 Å². The van der Waals surface area contributed by atoms with Crippen LogP contribution in [0.4, 0.5) is 16.0 Å². The Kier molecular flexibility index (Phi) is 8.45. The van der Waals surface area contributed by atoms with Gasteiger partial charge in [0, 0.05) is 52.2 Å². The number of piperidine rings is 1. The van der Waals surface area contributed by atoms with E-state index in [9.17, 15) is 18.8 Å². The van der Waals surface area contributed by atoms with Gasteiger partial charge in [-0.05, 0) is 73.4 Å². The van der Waals surface area contributed by atoms with Crippen LogP contribution in [0.5, 0.6) is 0 Å². The number of imide groups is 1. The summed E-state index contributed by atoms with van der Waals surface area (Å²) in [5.74, 6) is 0.731. The lowest BCUT2D eigenvalue weighted by atomic mass is 10.0. The largest absolute Gasteiger partial charge is 0.354 e. The number of benzene rings is 2. The first kappa shape index (κ1) is 33.0. The molecular formula is C39H39FN10O3. The lowest BCUT2D eigenvalue weighted by Gasteiger charge is -2.35. The fourth-order valence-corrected chi connectivity index (χ4v) is 8.15. The molecule has 7 heterocycles. The van der Waals surface area contributed by atoms with Gasteiger partial charge in [-0.25, -0.2) is 23.7 Å². The van der Waals surface area contributed by atoms with Gasteiger partial charge < -0.3 is 9.80 Å². The third-order valence-electron chi connectivity index (χ3n) is 10.9. The van der Waals surface area contributed by atoms with Gasteiger partial charge in [0.25, 0.3) is 0 Å². The zero-order chi connectivity index (χ0) is 36.1. The van der Waals surface area contributed by atoms with E-state index in [0.717, 1.165) is 85.3 Å². The Morgan fingerprint density at radius 2 is 1.62 bits per heavy atom. The summed E-state index contributed by atoms with van der Waals surface area (Å²) in [5.41, 5.74) is 4.50. The first-order valence-corrected chi connectivity index (χ1v) is 18.3. The van der Waals surface area contributed by atoms with Crippen molar-refractivity contribution >= 4 is 40.1 Å². The highest BCUT2D eigenvalue weighted by Crippen LogP contribution is 2.36.